The minimum atomic E-state index is -2.31. The van der Waals surface area contributed by atoms with Gasteiger partial charge in [0.25, 0.3) is 0 Å². The van der Waals surface area contributed by atoms with Crippen LogP contribution in [0.2, 0.25) is 0 Å². The average Bonchev–Trinajstić information content (AvgIpc) is 3.07. The number of nitrogens with one attached hydrogen (secondary N) is 1. The molecule has 16 heteroatoms. The van der Waals surface area contributed by atoms with E-state index in [-0.39, 0.29) is 42.9 Å². The second-order valence-corrected chi connectivity index (χ2v) is 18.2. The summed E-state index contributed by atoms with van der Waals surface area (Å²) in [5.74, 6) is -6.15. The van der Waals surface area contributed by atoms with Crippen molar-refractivity contribution < 1.29 is 72.5 Å². The van der Waals surface area contributed by atoms with E-state index in [9.17, 15) is 39.3 Å². The van der Waals surface area contributed by atoms with E-state index in [1.54, 1.807) is 46.8 Å². The van der Waals surface area contributed by atoms with E-state index in [2.05, 4.69) is 5.32 Å². The van der Waals surface area contributed by atoms with Crippen molar-refractivity contribution in [3.63, 3.8) is 0 Å². The zero-order valence-corrected chi connectivity index (χ0v) is 34.5. The van der Waals surface area contributed by atoms with Crippen LogP contribution in [-0.2, 0) is 52.4 Å². The summed E-state index contributed by atoms with van der Waals surface area (Å²) in [5.41, 5.74) is -8.29. The van der Waals surface area contributed by atoms with Crippen LogP contribution in [-0.4, -0.2) is 117 Å². The van der Waals surface area contributed by atoms with Gasteiger partial charge in [0.2, 0.25) is 0 Å². The average molecular weight is 806 g/mol. The highest BCUT2D eigenvalue weighted by Gasteiger charge is 2.78. The van der Waals surface area contributed by atoms with Gasteiger partial charge in [-0.25, -0.2) is 9.59 Å². The number of esters is 4. The molecule has 0 spiro atoms. The maximum atomic E-state index is 15.3. The van der Waals surface area contributed by atoms with E-state index in [0.29, 0.717) is 12.8 Å². The van der Waals surface area contributed by atoms with Gasteiger partial charge in [-0.1, -0.05) is 32.9 Å². The fourth-order valence-corrected chi connectivity index (χ4v) is 9.68. The maximum absolute atomic E-state index is 15.3. The lowest BCUT2D eigenvalue weighted by molar-refractivity contribution is -0.347. The van der Waals surface area contributed by atoms with Gasteiger partial charge in [-0.3, -0.25) is 19.2 Å². The summed E-state index contributed by atoms with van der Waals surface area (Å²) in [7, 11) is 0. The standard InChI is InChI=1S/C41H59NO15/c1-20-14-12-11-13-15-24(42-36(50)57-37(5,6)7)30(47)35(49)54-25-18-41(51)34(55-28(46)16-20)32-39(10,26(45)17-27-40(32,19-52-27)56-23(4)44)33(48)31(53-22(3)43)29(21(25)2)38(41,8)9/h11,13,20,24-27,30-32,34,45,47,51H,12,14-19H2,1-10H3,(H,42,50)/b13-11+/t20-,24+,25+,26+,27-,30-,31-,32+,34+,39-,40+,41-/m1/s1. The summed E-state index contributed by atoms with van der Waals surface area (Å²) in [6.45, 7) is 14.9. The highest BCUT2D eigenvalue weighted by molar-refractivity contribution is 5.95. The summed E-state index contributed by atoms with van der Waals surface area (Å²) in [5, 5.41) is 39.5. The van der Waals surface area contributed by atoms with Crippen molar-refractivity contribution in [1.82, 2.24) is 5.32 Å². The molecule has 0 unspecified atom stereocenters. The Morgan fingerprint density at radius 1 is 1.00 bits per heavy atom. The molecule has 12 atom stereocenters. The Kier molecular flexibility index (Phi) is 12.2. The molecule has 16 nitrogen and oxygen atoms in total. The van der Waals surface area contributed by atoms with Crippen LogP contribution in [0.1, 0.15) is 108 Å². The lowest BCUT2D eigenvalue weighted by atomic mass is 9.44. The molecule has 5 rings (SSSR count). The molecule has 5 aliphatic rings. The van der Waals surface area contributed by atoms with Crippen molar-refractivity contribution >= 4 is 35.8 Å². The number of amides is 1. The molecule has 0 aromatic heterocycles. The molecule has 1 saturated heterocycles. The molecule has 3 aliphatic carbocycles. The van der Waals surface area contributed by atoms with Crippen molar-refractivity contribution in [2.75, 3.05) is 6.61 Å². The third-order valence-corrected chi connectivity index (χ3v) is 12.7. The molecule has 318 valence electrons. The van der Waals surface area contributed by atoms with E-state index in [1.807, 2.05) is 6.92 Å². The Morgan fingerprint density at radius 2 is 1.67 bits per heavy atom. The van der Waals surface area contributed by atoms with Crippen LogP contribution in [0.15, 0.2) is 23.3 Å². The van der Waals surface area contributed by atoms with Gasteiger partial charge in [-0.2, -0.15) is 0 Å². The molecule has 2 heterocycles. The van der Waals surface area contributed by atoms with Crippen molar-refractivity contribution in [1.29, 1.82) is 0 Å². The van der Waals surface area contributed by atoms with Crippen LogP contribution in [0.5, 0.6) is 0 Å². The summed E-state index contributed by atoms with van der Waals surface area (Å²) in [4.78, 5) is 82.1. The Morgan fingerprint density at radius 3 is 2.25 bits per heavy atom. The minimum Gasteiger partial charge on any atom is -0.459 e. The third-order valence-electron chi connectivity index (χ3n) is 12.7. The monoisotopic (exact) mass is 805 g/mol. The molecule has 4 N–H and O–H groups in total. The Balaban J connectivity index is 1.76. The van der Waals surface area contributed by atoms with Crippen molar-refractivity contribution in [3.05, 3.63) is 23.3 Å². The van der Waals surface area contributed by atoms with Gasteiger partial charge in [0.15, 0.2) is 23.6 Å². The maximum Gasteiger partial charge on any atom is 0.407 e. The quantitative estimate of drug-likeness (QED) is 0.183. The number of carbonyl (C=O) groups excluding carboxylic acids is 6. The minimum absolute atomic E-state index is 0.0111. The molecule has 3 bridgehead atoms. The topological polar surface area (TPSA) is 231 Å². The first-order chi connectivity index (χ1) is 26.3. The van der Waals surface area contributed by atoms with Crippen molar-refractivity contribution in [2.24, 2.45) is 22.7 Å². The predicted molar refractivity (Wildman–Crippen MR) is 199 cm³/mol. The van der Waals surface area contributed by atoms with E-state index < -0.39 is 118 Å². The highest BCUT2D eigenvalue weighted by Crippen LogP contribution is 2.64. The predicted octanol–water partition coefficient (Wildman–Crippen LogP) is 2.91. The van der Waals surface area contributed by atoms with Crippen molar-refractivity contribution in [3.8, 4) is 0 Å². The third kappa shape index (κ3) is 7.98. The van der Waals surface area contributed by atoms with Crippen molar-refractivity contribution in [2.45, 2.75) is 167 Å². The van der Waals surface area contributed by atoms with E-state index in [0.717, 1.165) is 13.8 Å². The first kappa shape index (κ1) is 44.2. The second-order valence-electron chi connectivity index (χ2n) is 18.2. The van der Waals surface area contributed by atoms with Crippen LogP contribution in [0, 0.1) is 22.7 Å². The number of aliphatic hydroxyl groups is 3. The zero-order valence-electron chi connectivity index (χ0n) is 34.5. The fraction of sp³-hybridized carbons (Fsp3) is 0.756. The van der Waals surface area contributed by atoms with E-state index in [4.69, 9.17) is 28.4 Å². The van der Waals surface area contributed by atoms with Gasteiger partial charge in [0, 0.05) is 38.5 Å². The number of ether oxygens (including phenoxy) is 6. The van der Waals surface area contributed by atoms with Gasteiger partial charge >= 0.3 is 30.0 Å². The normalized spacial score (nSPS) is 40.3. The van der Waals surface area contributed by atoms with E-state index in [1.165, 1.54) is 13.8 Å². The number of carbonyl (C=O) groups is 6. The first-order valence-electron chi connectivity index (χ1n) is 19.7. The Hall–Kier alpha value is -3.86. The number of aliphatic hydroxyl groups excluding tert-OH is 2. The second kappa shape index (κ2) is 15.7. The molecular weight excluding hydrogens is 746 g/mol. The van der Waals surface area contributed by atoms with Gasteiger partial charge in [-0.15, -0.1) is 0 Å². The molecular formula is C41H59NO15. The summed E-state index contributed by atoms with van der Waals surface area (Å²) in [6, 6.07) is -1.23. The van der Waals surface area contributed by atoms with Crippen LogP contribution in [0.3, 0.4) is 0 Å². The number of Topliss-reactive ketones (excluding diaryl/α,β-unsaturated/α-hetero) is 1. The van der Waals surface area contributed by atoms with Crippen LogP contribution in [0.4, 0.5) is 4.79 Å². The van der Waals surface area contributed by atoms with Gasteiger partial charge < -0.3 is 49.1 Å². The molecule has 0 aromatic carbocycles. The SMILES string of the molecule is CC(=O)O[C@H]1C(=O)[C@@]2(C)[C@H]([C@@H]3OC(=O)C[C@H](C)CC/C=C/C[C@H](NC(=O)OC(C)(C)C)[C@@H](O)C(=O)O[C@H]4C[C@]3(O)C(C)(C)C1=C4C)[C@]1(OC(C)=O)CO[C@@H]1C[C@@H]2O. The van der Waals surface area contributed by atoms with Gasteiger partial charge in [0.05, 0.1) is 30.1 Å². The molecule has 57 heavy (non-hydrogen) atoms. The highest BCUT2D eigenvalue weighted by atomic mass is 16.6. The lowest BCUT2D eigenvalue weighted by Crippen LogP contribution is -2.82. The molecule has 0 radical (unpaired) electrons. The number of hydrogen-bond donors (Lipinski definition) is 4. The summed E-state index contributed by atoms with van der Waals surface area (Å²) in [6.07, 6.45) is -6.67. The fourth-order valence-electron chi connectivity index (χ4n) is 9.68. The van der Waals surface area contributed by atoms with Crippen LogP contribution < -0.4 is 5.32 Å². The van der Waals surface area contributed by atoms with Crippen LogP contribution in [0.25, 0.3) is 0 Å². The smallest absolute Gasteiger partial charge is 0.407 e. The molecule has 1 amide bonds. The zero-order chi connectivity index (χ0) is 42.6. The number of fused-ring (bicyclic) bond motifs is 6. The Bertz CT molecular complexity index is 1710. The summed E-state index contributed by atoms with van der Waals surface area (Å²) >= 11 is 0. The Labute approximate surface area is 333 Å². The largest absolute Gasteiger partial charge is 0.459 e. The van der Waals surface area contributed by atoms with Crippen LogP contribution >= 0.6 is 0 Å². The van der Waals surface area contributed by atoms with Gasteiger partial charge in [-0.05, 0) is 70.9 Å². The molecule has 2 saturated carbocycles. The molecule has 0 aromatic rings. The number of ketones is 1. The van der Waals surface area contributed by atoms with Gasteiger partial charge in [0.1, 0.15) is 29.5 Å². The van der Waals surface area contributed by atoms with E-state index >= 15 is 4.79 Å². The molecule has 2 aliphatic heterocycles. The first-order valence-corrected chi connectivity index (χ1v) is 19.7. The lowest BCUT2D eigenvalue weighted by Gasteiger charge is -2.67. The summed E-state index contributed by atoms with van der Waals surface area (Å²) < 4.78 is 35.4. The number of hydrogen-bond acceptors (Lipinski definition) is 15. The molecule has 3 fully saturated rings. The number of alkyl carbamates (subject to hydrolysis) is 1. The number of rotatable bonds is 3. The number of allylic oxidation sites excluding steroid dienone is 1.